The van der Waals surface area contributed by atoms with Gasteiger partial charge in [-0.1, -0.05) is 30.3 Å². The summed E-state index contributed by atoms with van der Waals surface area (Å²) in [4.78, 5) is 7.21. The van der Waals surface area contributed by atoms with Gasteiger partial charge < -0.3 is 10.6 Å². The van der Waals surface area contributed by atoms with E-state index in [-0.39, 0.29) is 30.0 Å². The van der Waals surface area contributed by atoms with Crippen LogP contribution in [0.4, 0.5) is 0 Å². The van der Waals surface area contributed by atoms with Crippen LogP contribution in [0.3, 0.4) is 0 Å². The number of nitrogens with zero attached hydrogens (tertiary/aromatic N) is 2. The Labute approximate surface area is 158 Å². The topological polar surface area (TPSA) is 39.7 Å². The first-order valence-corrected chi connectivity index (χ1v) is 8.43. The standard InChI is InChI=1S/C18H30N4.HI/c1-5-19-18(20-13-14(2)22(4)17-11-12-17)21-15(3)16-9-7-6-8-10-16;/h6-10,14-15,17H,5,11-13H2,1-4H3,(H2,19,20,21);1H. The van der Waals surface area contributed by atoms with Gasteiger partial charge in [-0.3, -0.25) is 9.89 Å². The van der Waals surface area contributed by atoms with Crippen LogP contribution in [0.2, 0.25) is 0 Å². The lowest BCUT2D eigenvalue weighted by Crippen LogP contribution is -2.40. The van der Waals surface area contributed by atoms with E-state index in [4.69, 9.17) is 4.99 Å². The highest BCUT2D eigenvalue weighted by molar-refractivity contribution is 14.0. The summed E-state index contributed by atoms with van der Waals surface area (Å²) in [7, 11) is 2.21. The minimum atomic E-state index is 0. The SMILES string of the molecule is CCNC(=NCC(C)N(C)C1CC1)NC(C)c1ccccc1.I. The molecule has 0 spiro atoms. The van der Waals surface area contributed by atoms with Crippen molar-refractivity contribution in [2.45, 2.75) is 51.7 Å². The molecule has 2 rings (SSSR count). The molecular formula is C18H31IN4. The first-order valence-electron chi connectivity index (χ1n) is 8.43. The molecule has 0 heterocycles. The molecule has 23 heavy (non-hydrogen) atoms. The summed E-state index contributed by atoms with van der Waals surface area (Å²) >= 11 is 0. The van der Waals surface area contributed by atoms with Crippen LogP contribution in [0.1, 0.15) is 45.2 Å². The second-order valence-corrected chi connectivity index (χ2v) is 6.24. The highest BCUT2D eigenvalue weighted by Gasteiger charge is 2.28. The molecule has 1 aliphatic rings. The average Bonchev–Trinajstić information content (AvgIpc) is 3.37. The van der Waals surface area contributed by atoms with E-state index in [9.17, 15) is 0 Å². The molecule has 0 radical (unpaired) electrons. The number of hydrogen-bond donors (Lipinski definition) is 2. The molecule has 130 valence electrons. The first-order chi connectivity index (χ1) is 10.6. The largest absolute Gasteiger partial charge is 0.357 e. The lowest BCUT2D eigenvalue weighted by atomic mass is 10.1. The Morgan fingerprint density at radius 2 is 1.91 bits per heavy atom. The summed E-state index contributed by atoms with van der Waals surface area (Å²) in [6, 6.07) is 12.0. The van der Waals surface area contributed by atoms with Crippen LogP contribution < -0.4 is 10.6 Å². The van der Waals surface area contributed by atoms with Crippen LogP contribution in [0.5, 0.6) is 0 Å². The van der Waals surface area contributed by atoms with E-state index in [2.05, 4.69) is 67.6 Å². The van der Waals surface area contributed by atoms with E-state index >= 15 is 0 Å². The van der Waals surface area contributed by atoms with Gasteiger partial charge in [0.05, 0.1) is 12.6 Å². The number of hydrogen-bond acceptors (Lipinski definition) is 2. The number of aliphatic imine (C=N–C) groups is 1. The number of guanidine groups is 1. The number of halogens is 1. The molecule has 4 nitrogen and oxygen atoms in total. The molecule has 5 heteroatoms. The van der Waals surface area contributed by atoms with Crippen molar-refractivity contribution in [1.82, 2.24) is 15.5 Å². The van der Waals surface area contributed by atoms with E-state index in [1.165, 1.54) is 18.4 Å². The molecule has 0 saturated heterocycles. The summed E-state index contributed by atoms with van der Waals surface area (Å²) in [5.41, 5.74) is 1.27. The summed E-state index contributed by atoms with van der Waals surface area (Å²) in [5, 5.41) is 6.84. The Hall–Kier alpha value is -0.820. The van der Waals surface area contributed by atoms with Gasteiger partial charge in [0, 0.05) is 18.6 Å². The molecule has 2 N–H and O–H groups in total. The summed E-state index contributed by atoms with van der Waals surface area (Å²) in [6.07, 6.45) is 2.68. The van der Waals surface area contributed by atoms with Crippen molar-refractivity contribution < 1.29 is 0 Å². The normalized spacial score (nSPS) is 17.3. The molecule has 0 amide bonds. The molecule has 1 aromatic carbocycles. The highest BCUT2D eigenvalue weighted by Crippen LogP contribution is 2.26. The minimum Gasteiger partial charge on any atom is -0.357 e. The van der Waals surface area contributed by atoms with Gasteiger partial charge in [-0.2, -0.15) is 0 Å². The molecule has 2 atom stereocenters. The first kappa shape index (κ1) is 20.2. The van der Waals surface area contributed by atoms with E-state index in [0.29, 0.717) is 6.04 Å². The maximum atomic E-state index is 4.76. The Kier molecular flexibility index (Phi) is 8.91. The van der Waals surface area contributed by atoms with E-state index < -0.39 is 0 Å². The van der Waals surface area contributed by atoms with Crippen LogP contribution in [0.15, 0.2) is 35.3 Å². The number of rotatable bonds is 7. The van der Waals surface area contributed by atoms with Crippen molar-refractivity contribution in [1.29, 1.82) is 0 Å². The minimum absolute atomic E-state index is 0. The second-order valence-electron chi connectivity index (χ2n) is 6.24. The maximum Gasteiger partial charge on any atom is 0.191 e. The monoisotopic (exact) mass is 430 g/mol. The Morgan fingerprint density at radius 1 is 1.26 bits per heavy atom. The predicted octanol–water partition coefficient (Wildman–Crippen LogP) is 3.40. The molecule has 1 aromatic rings. The molecule has 1 aliphatic carbocycles. The fourth-order valence-electron chi connectivity index (χ4n) is 2.54. The van der Waals surface area contributed by atoms with Gasteiger partial charge in [0.15, 0.2) is 5.96 Å². The van der Waals surface area contributed by atoms with Crippen LogP contribution in [0.25, 0.3) is 0 Å². The van der Waals surface area contributed by atoms with Crippen molar-refractivity contribution in [3.63, 3.8) is 0 Å². The number of likely N-dealkylation sites (N-methyl/N-ethyl adjacent to an activating group) is 1. The van der Waals surface area contributed by atoms with Crippen molar-refractivity contribution in [3.8, 4) is 0 Å². The van der Waals surface area contributed by atoms with Crippen LogP contribution in [-0.4, -0.2) is 43.1 Å². The zero-order valence-corrected chi connectivity index (χ0v) is 17.1. The van der Waals surface area contributed by atoms with Gasteiger partial charge in [0.2, 0.25) is 0 Å². The van der Waals surface area contributed by atoms with Crippen LogP contribution in [0, 0.1) is 0 Å². The summed E-state index contributed by atoms with van der Waals surface area (Å²) in [5.74, 6) is 0.898. The smallest absolute Gasteiger partial charge is 0.191 e. The molecule has 1 saturated carbocycles. The van der Waals surface area contributed by atoms with Gasteiger partial charge in [0.1, 0.15) is 0 Å². The van der Waals surface area contributed by atoms with Gasteiger partial charge in [-0.25, -0.2) is 0 Å². The predicted molar refractivity (Wildman–Crippen MR) is 110 cm³/mol. The zero-order chi connectivity index (χ0) is 15.9. The second kappa shape index (κ2) is 10.1. The third kappa shape index (κ3) is 6.67. The maximum absolute atomic E-state index is 4.76. The van der Waals surface area contributed by atoms with Crippen molar-refractivity contribution >= 4 is 29.9 Å². The lowest BCUT2D eigenvalue weighted by Gasteiger charge is -2.24. The third-order valence-corrected chi connectivity index (χ3v) is 4.33. The van der Waals surface area contributed by atoms with Gasteiger partial charge in [-0.05, 0) is 46.2 Å². The fraction of sp³-hybridized carbons (Fsp3) is 0.611. The number of benzene rings is 1. The fourth-order valence-corrected chi connectivity index (χ4v) is 2.54. The quantitative estimate of drug-likeness (QED) is 0.396. The highest BCUT2D eigenvalue weighted by atomic mass is 127. The van der Waals surface area contributed by atoms with Crippen molar-refractivity contribution in [3.05, 3.63) is 35.9 Å². The van der Waals surface area contributed by atoms with E-state index in [1.807, 2.05) is 6.07 Å². The average molecular weight is 430 g/mol. The van der Waals surface area contributed by atoms with Crippen molar-refractivity contribution in [2.24, 2.45) is 4.99 Å². The van der Waals surface area contributed by atoms with E-state index in [1.54, 1.807) is 0 Å². The molecule has 0 aromatic heterocycles. The van der Waals surface area contributed by atoms with Gasteiger partial charge >= 0.3 is 0 Å². The lowest BCUT2D eigenvalue weighted by molar-refractivity contribution is 0.253. The van der Waals surface area contributed by atoms with Crippen LogP contribution in [-0.2, 0) is 0 Å². The molecule has 1 fully saturated rings. The molecule has 0 bridgehead atoms. The zero-order valence-electron chi connectivity index (χ0n) is 14.7. The molecule has 2 unspecified atom stereocenters. The van der Waals surface area contributed by atoms with E-state index in [0.717, 1.165) is 25.1 Å². The number of nitrogens with one attached hydrogen (secondary N) is 2. The van der Waals surface area contributed by atoms with Crippen molar-refractivity contribution in [2.75, 3.05) is 20.1 Å². The summed E-state index contributed by atoms with van der Waals surface area (Å²) in [6.45, 7) is 8.22. The van der Waals surface area contributed by atoms with Gasteiger partial charge in [-0.15, -0.1) is 24.0 Å². The Balaban J connectivity index is 0.00000264. The summed E-state index contributed by atoms with van der Waals surface area (Å²) < 4.78 is 0. The third-order valence-electron chi connectivity index (χ3n) is 4.33. The van der Waals surface area contributed by atoms with Crippen LogP contribution >= 0.6 is 24.0 Å². The Morgan fingerprint density at radius 3 is 2.48 bits per heavy atom. The molecular weight excluding hydrogens is 399 g/mol. The van der Waals surface area contributed by atoms with Gasteiger partial charge in [0.25, 0.3) is 0 Å². The molecule has 0 aliphatic heterocycles. The Bertz CT molecular complexity index is 473.